The summed E-state index contributed by atoms with van der Waals surface area (Å²) in [4.78, 5) is 0. The van der Waals surface area contributed by atoms with Crippen molar-refractivity contribution in [1.82, 2.24) is 0 Å². The van der Waals surface area contributed by atoms with E-state index in [9.17, 15) is 0 Å². The van der Waals surface area contributed by atoms with Crippen molar-refractivity contribution >= 4 is 16.5 Å². The summed E-state index contributed by atoms with van der Waals surface area (Å²) >= 11 is 0. The van der Waals surface area contributed by atoms with Crippen molar-refractivity contribution in [3.05, 3.63) is 96.9 Å². The van der Waals surface area contributed by atoms with E-state index in [1.54, 1.807) is 6.26 Å². The summed E-state index contributed by atoms with van der Waals surface area (Å²) in [5.74, 6) is 0. The Bertz CT molecular complexity index is 1220. The lowest BCUT2D eigenvalue weighted by Crippen LogP contribution is -2.26. The van der Waals surface area contributed by atoms with Crippen molar-refractivity contribution in [2.75, 3.05) is 0 Å². The lowest BCUT2D eigenvalue weighted by molar-refractivity contribution is -0.498. The molecule has 2 nitrogen and oxygen atoms in total. The maximum Gasteiger partial charge on any atom is 0.254 e. The number of rotatable bonds is 2. The molecule has 3 heterocycles. The minimum atomic E-state index is 0.920. The lowest BCUT2D eigenvalue weighted by Gasteiger charge is -2.10. The van der Waals surface area contributed by atoms with Gasteiger partial charge in [-0.05, 0) is 36.8 Å². The first-order valence-corrected chi connectivity index (χ1v) is 8.79. The Morgan fingerprint density at radius 1 is 0.731 bits per heavy atom. The summed E-state index contributed by atoms with van der Waals surface area (Å²) in [7, 11) is 0. The molecule has 0 fully saturated rings. The highest BCUT2D eigenvalue weighted by atomic mass is 16.3. The Kier molecular flexibility index (Phi) is 3.36. The van der Waals surface area contributed by atoms with E-state index < -0.39 is 0 Å². The molecule has 5 aromatic rings. The first-order chi connectivity index (χ1) is 12.8. The van der Waals surface area contributed by atoms with Gasteiger partial charge in [0.2, 0.25) is 11.3 Å². The van der Waals surface area contributed by atoms with Gasteiger partial charge in [0.05, 0.1) is 11.8 Å². The molecule has 0 N–H and O–H groups in total. The van der Waals surface area contributed by atoms with Gasteiger partial charge in [-0.1, -0.05) is 48.5 Å². The van der Waals surface area contributed by atoms with E-state index in [1.807, 2.05) is 0 Å². The molecule has 26 heavy (non-hydrogen) atoms. The molecule has 3 aromatic heterocycles. The number of furan rings is 1. The molecule has 5 rings (SSSR count). The molecular formula is C24H18NO+. The fraction of sp³-hybridized carbons (Fsp3) is 0.0417. The molecule has 0 atom stereocenters. The third kappa shape index (κ3) is 2.23. The summed E-state index contributed by atoms with van der Waals surface area (Å²) < 4.78 is 8.17. The molecule has 0 aliphatic rings. The third-order valence-electron chi connectivity index (χ3n) is 4.85. The quantitative estimate of drug-likeness (QED) is 0.372. The summed E-state index contributed by atoms with van der Waals surface area (Å²) in [5.41, 5.74) is 7.97. The van der Waals surface area contributed by atoms with E-state index in [2.05, 4.69) is 96.4 Å². The van der Waals surface area contributed by atoms with Crippen molar-refractivity contribution < 1.29 is 8.82 Å². The molecule has 0 radical (unpaired) electrons. The fourth-order valence-corrected chi connectivity index (χ4v) is 3.71. The molecule has 0 bridgehead atoms. The van der Waals surface area contributed by atoms with Crippen LogP contribution in [0.3, 0.4) is 0 Å². The Morgan fingerprint density at radius 3 is 2.15 bits per heavy atom. The van der Waals surface area contributed by atoms with E-state index in [0.29, 0.717) is 0 Å². The maximum atomic E-state index is 5.90. The molecule has 2 heteroatoms. The zero-order chi connectivity index (χ0) is 17.5. The largest absolute Gasteiger partial charge is 0.457 e. The van der Waals surface area contributed by atoms with Gasteiger partial charge in [-0.15, -0.1) is 0 Å². The van der Waals surface area contributed by atoms with Crippen molar-refractivity contribution in [1.29, 1.82) is 0 Å². The van der Waals surface area contributed by atoms with Crippen molar-refractivity contribution in [2.45, 2.75) is 6.92 Å². The van der Waals surface area contributed by atoms with Gasteiger partial charge in [-0.2, -0.15) is 4.40 Å². The Hall–Kier alpha value is -3.39. The second-order valence-electron chi connectivity index (χ2n) is 6.58. The van der Waals surface area contributed by atoms with Crippen LogP contribution in [0.25, 0.3) is 38.9 Å². The first kappa shape index (κ1) is 14.9. The Morgan fingerprint density at radius 2 is 1.42 bits per heavy atom. The van der Waals surface area contributed by atoms with E-state index in [0.717, 1.165) is 16.5 Å². The topological polar surface area (TPSA) is 17.2 Å². The Balaban J connectivity index is 2.05. The monoisotopic (exact) mass is 336 g/mol. The number of benzene rings is 2. The molecular weight excluding hydrogens is 318 g/mol. The van der Waals surface area contributed by atoms with Gasteiger partial charge >= 0.3 is 0 Å². The van der Waals surface area contributed by atoms with Crippen LogP contribution in [0.1, 0.15) is 5.56 Å². The SMILES string of the molecule is Cc1ccc2c3occc3c(-c3ccccc3)c(-c3ccccc3)[n+]2c1. The van der Waals surface area contributed by atoms with Crippen LogP contribution in [-0.2, 0) is 0 Å². The number of fused-ring (bicyclic) bond motifs is 3. The van der Waals surface area contributed by atoms with Crippen molar-refractivity contribution in [2.24, 2.45) is 0 Å². The van der Waals surface area contributed by atoms with E-state index in [1.165, 1.54) is 27.9 Å². The van der Waals surface area contributed by atoms with Crippen molar-refractivity contribution in [3.8, 4) is 22.4 Å². The van der Waals surface area contributed by atoms with Crippen LogP contribution in [0.2, 0.25) is 0 Å². The summed E-state index contributed by atoms with van der Waals surface area (Å²) in [6.45, 7) is 2.12. The zero-order valence-corrected chi connectivity index (χ0v) is 14.5. The van der Waals surface area contributed by atoms with Gasteiger partial charge in [-0.25, -0.2) is 0 Å². The van der Waals surface area contributed by atoms with Gasteiger partial charge < -0.3 is 4.42 Å². The summed E-state index contributed by atoms with van der Waals surface area (Å²) in [5, 5.41) is 1.14. The minimum absolute atomic E-state index is 0.920. The highest BCUT2D eigenvalue weighted by molar-refractivity contribution is 6.04. The number of nitrogens with zero attached hydrogens (tertiary/aromatic N) is 1. The second-order valence-corrected chi connectivity index (χ2v) is 6.58. The van der Waals surface area contributed by atoms with E-state index in [-0.39, 0.29) is 0 Å². The van der Waals surface area contributed by atoms with Crippen LogP contribution >= 0.6 is 0 Å². The van der Waals surface area contributed by atoms with Crippen LogP contribution in [0.5, 0.6) is 0 Å². The Labute approximate surface area is 152 Å². The summed E-state index contributed by atoms with van der Waals surface area (Å²) in [6.07, 6.45) is 3.97. The predicted octanol–water partition coefficient (Wildman–Crippen LogP) is 5.81. The second kappa shape index (κ2) is 5.85. The number of hydrogen-bond donors (Lipinski definition) is 0. The molecule has 0 amide bonds. The van der Waals surface area contributed by atoms with E-state index in [4.69, 9.17) is 4.42 Å². The molecule has 0 spiro atoms. The normalized spacial score (nSPS) is 11.3. The van der Waals surface area contributed by atoms with Gasteiger partial charge in [0.15, 0.2) is 6.20 Å². The molecule has 0 saturated heterocycles. The third-order valence-corrected chi connectivity index (χ3v) is 4.85. The average molecular weight is 336 g/mol. The highest BCUT2D eigenvalue weighted by Crippen LogP contribution is 2.37. The molecule has 0 aliphatic heterocycles. The predicted molar refractivity (Wildman–Crippen MR) is 105 cm³/mol. The van der Waals surface area contributed by atoms with Gasteiger partial charge in [-0.3, -0.25) is 0 Å². The van der Waals surface area contributed by atoms with Gasteiger partial charge in [0, 0.05) is 22.6 Å². The molecule has 0 aliphatic carbocycles. The van der Waals surface area contributed by atoms with Crippen LogP contribution in [0, 0.1) is 6.92 Å². The molecule has 0 saturated carbocycles. The number of aromatic nitrogens is 1. The number of aryl methyl sites for hydroxylation is 1. The average Bonchev–Trinajstić information content (AvgIpc) is 3.17. The highest BCUT2D eigenvalue weighted by Gasteiger charge is 2.26. The standard InChI is InChI=1S/C24H18NO/c1-17-12-13-21-24-20(14-15-26-24)22(18-8-4-2-5-9-18)23(25(21)16-17)19-10-6-3-7-11-19/h2-16H,1H3/q+1. The summed E-state index contributed by atoms with van der Waals surface area (Å²) in [6, 6.07) is 27.5. The van der Waals surface area contributed by atoms with Crippen LogP contribution in [0.15, 0.2) is 95.7 Å². The van der Waals surface area contributed by atoms with Crippen LogP contribution in [-0.4, -0.2) is 0 Å². The zero-order valence-electron chi connectivity index (χ0n) is 14.5. The first-order valence-electron chi connectivity index (χ1n) is 8.79. The number of hydrogen-bond acceptors (Lipinski definition) is 1. The molecule has 2 aromatic carbocycles. The molecule has 124 valence electrons. The number of pyridine rings is 2. The minimum Gasteiger partial charge on any atom is -0.457 e. The van der Waals surface area contributed by atoms with Crippen LogP contribution < -0.4 is 4.40 Å². The lowest BCUT2D eigenvalue weighted by atomic mass is 9.95. The van der Waals surface area contributed by atoms with Crippen LogP contribution in [0.4, 0.5) is 0 Å². The van der Waals surface area contributed by atoms with Gasteiger partial charge in [0.1, 0.15) is 0 Å². The fourth-order valence-electron chi connectivity index (χ4n) is 3.71. The van der Waals surface area contributed by atoms with Crippen molar-refractivity contribution in [3.63, 3.8) is 0 Å². The van der Waals surface area contributed by atoms with E-state index >= 15 is 0 Å². The van der Waals surface area contributed by atoms with Gasteiger partial charge in [0.25, 0.3) is 5.52 Å². The maximum absolute atomic E-state index is 5.90. The smallest absolute Gasteiger partial charge is 0.254 e. The molecule has 0 unspecified atom stereocenters.